The lowest BCUT2D eigenvalue weighted by atomic mass is 10.0. The van der Waals surface area contributed by atoms with Crippen molar-refractivity contribution in [1.82, 2.24) is 9.97 Å². The van der Waals surface area contributed by atoms with Gasteiger partial charge in [0.05, 0.1) is 18.2 Å². The van der Waals surface area contributed by atoms with Gasteiger partial charge in [-0.25, -0.2) is 9.78 Å². The Morgan fingerprint density at radius 3 is 2.72 bits per heavy atom. The van der Waals surface area contributed by atoms with Crippen LogP contribution in [0.2, 0.25) is 0 Å². The number of aromatic nitrogens is 2. The molecule has 1 atom stereocenters. The summed E-state index contributed by atoms with van der Waals surface area (Å²) in [5, 5.41) is 2.85. The zero-order valence-electron chi connectivity index (χ0n) is 13.2. The highest BCUT2D eigenvalue weighted by atomic mass is 19.4. The van der Waals surface area contributed by atoms with Crippen molar-refractivity contribution in [3.63, 3.8) is 0 Å². The van der Waals surface area contributed by atoms with E-state index < -0.39 is 23.9 Å². The smallest absolute Gasteiger partial charge is 0.416 e. The van der Waals surface area contributed by atoms with Gasteiger partial charge in [-0.05, 0) is 24.6 Å². The third-order valence-corrected chi connectivity index (χ3v) is 3.76. The number of halogens is 3. The number of nitrogens with zero attached hydrogens (tertiary/aromatic N) is 3. The van der Waals surface area contributed by atoms with Crippen molar-refractivity contribution < 1.29 is 22.7 Å². The van der Waals surface area contributed by atoms with Gasteiger partial charge in [0.15, 0.2) is 0 Å². The van der Waals surface area contributed by atoms with Gasteiger partial charge in [-0.3, -0.25) is 4.90 Å². The maximum absolute atomic E-state index is 13.1. The van der Waals surface area contributed by atoms with E-state index in [0.29, 0.717) is 12.4 Å². The number of nitrogens with one attached hydrogen (secondary N) is 1. The molecule has 1 aromatic heterocycles. The second-order valence-electron chi connectivity index (χ2n) is 5.46. The van der Waals surface area contributed by atoms with Crippen LogP contribution in [0.4, 0.5) is 29.7 Å². The zero-order chi connectivity index (χ0) is 18.0. The molecule has 6 nitrogen and oxygen atoms in total. The van der Waals surface area contributed by atoms with E-state index in [9.17, 15) is 18.0 Å². The molecule has 1 aliphatic heterocycles. The van der Waals surface area contributed by atoms with Crippen molar-refractivity contribution in [3.8, 4) is 0 Å². The molecule has 0 saturated carbocycles. The molecule has 25 heavy (non-hydrogen) atoms. The number of ether oxygens (including phenoxy) is 1. The first kappa shape index (κ1) is 17.0. The molecular formula is C16H15F3N4O2. The van der Waals surface area contributed by atoms with E-state index in [1.54, 1.807) is 13.0 Å². The summed E-state index contributed by atoms with van der Waals surface area (Å²) in [4.78, 5) is 21.1. The maximum atomic E-state index is 13.1. The van der Waals surface area contributed by atoms with Gasteiger partial charge in [0.1, 0.15) is 12.4 Å². The highest BCUT2D eigenvalue weighted by Gasteiger charge is 2.34. The summed E-state index contributed by atoms with van der Waals surface area (Å²) in [5.74, 6) is 0.456. The average Bonchev–Trinajstić information content (AvgIpc) is 3.00. The molecule has 2 heterocycles. The summed E-state index contributed by atoms with van der Waals surface area (Å²) >= 11 is 0. The first-order valence-electron chi connectivity index (χ1n) is 7.56. The van der Waals surface area contributed by atoms with Gasteiger partial charge in [0.25, 0.3) is 0 Å². The number of carbonyl (C=O) groups is 1. The predicted octanol–water partition coefficient (Wildman–Crippen LogP) is 3.63. The van der Waals surface area contributed by atoms with Crippen molar-refractivity contribution in [2.75, 3.05) is 23.4 Å². The van der Waals surface area contributed by atoms with Crippen LogP contribution < -0.4 is 10.2 Å². The molecule has 0 aliphatic carbocycles. The number of alkyl halides is 3. The Balaban J connectivity index is 1.83. The van der Waals surface area contributed by atoms with Gasteiger partial charge >= 0.3 is 12.3 Å². The van der Waals surface area contributed by atoms with Crippen LogP contribution in [0, 0.1) is 0 Å². The van der Waals surface area contributed by atoms with Gasteiger partial charge in [0.2, 0.25) is 5.95 Å². The van der Waals surface area contributed by atoms with E-state index in [2.05, 4.69) is 15.3 Å². The number of cyclic esters (lactones) is 1. The van der Waals surface area contributed by atoms with Gasteiger partial charge < -0.3 is 10.1 Å². The van der Waals surface area contributed by atoms with Crippen LogP contribution in [0.15, 0.2) is 36.5 Å². The van der Waals surface area contributed by atoms with Crippen LogP contribution in [0.25, 0.3) is 0 Å². The van der Waals surface area contributed by atoms with Gasteiger partial charge in [0, 0.05) is 6.20 Å². The molecule has 1 aliphatic rings. The Morgan fingerprint density at radius 1 is 1.28 bits per heavy atom. The van der Waals surface area contributed by atoms with E-state index in [1.807, 2.05) is 0 Å². The van der Waals surface area contributed by atoms with E-state index in [0.717, 1.165) is 6.07 Å². The Morgan fingerprint density at radius 2 is 2.04 bits per heavy atom. The van der Waals surface area contributed by atoms with Gasteiger partial charge in [-0.2, -0.15) is 18.2 Å². The molecule has 9 heteroatoms. The Kier molecular flexibility index (Phi) is 4.47. The summed E-state index contributed by atoms with van der Waals surface area (Å²) in [7, 11) is 0. The summed E-state index contributed by atoms with van der Waals surface area (Å²) in [5.41, 5.74) is -0.626. The van der Waals surface area contributed by atoms with Crippen LogP contribution >= 0.6 is 0 Å². The lowest BCUT2D eigenvalue weighted by molar-refractivity contribution is -0.138. The SMILES string of the molecule is C[C@H](Nc1nccc(N2CCOC2=O)n1)c1ccccc1C(F)(F)F. The fourth-order valence-corrected chi connectivity index (χ4v) is 2.57. The van der Waals surface area contributed by atoms with Crippen LogP contribution in [0.5, 0.6) is 0 Å². The molecule has 132 valence electrons. The minimum Gasteiger partial charge on any atom is -0.447 e. The Labute approximate surface area is 141 Å². The quantitative estimate of drug-likeness (QED) is 0.910. The van der Waals surface area contributed by atoms with Crippen molar-refractivity contribution in [3.05, 3.63) is 47.7 Å². The number of anilines is 2. The molecule has 1 amide bonds. The molecule has 1 aromatic carbocycles. The topological polar surface area (TPSA) is 67.3 Å². The minimum atomic E-state index is -4.45. The summed E-state index contributed by atoms with van der Waals surface area (Å²) in [6, 6.07) is 6.17. The minimum absolute atomic E-state index is 0.0876. The third kappa shape index (κ3) is 3.65. The molecule has 1 saturated heterocycles. The molecule has 2 aromatic rings. The van der Waals surface area contributed by atoms with Crippen molar-refractivity contribution in [2.45, 2.75) is 19.1 Å². The monoisotopic (exact) mass is 352 g/mol. The zero-order valence-corrected chi connectivity index (χ0v) is 13.2. The number of hydrogen-bond acceptors (Lipinski definition) is 5. The maximum Gasteiger partial charge on any atom is 0.416 e. The number of carbonyl (C=O) groups excluding carboxylic acids is 1. The Bertz CT molecular complexity index is 782. The number of rotatable bonds is 4. The second kappa shape index (κ2) is 6.58. The number of benzene rings is 1. The molecular weight excluding hydrogens is 337 g/mol. The fraction of sp³-hybridized carbons (Fsp3) is 0.312. The molecule has 0 unspecified atom stereocenters. The standard InChI is InChI=1S/C16H15F3N4O2/c1-10(11-4-2-3-5-12(11)16(17,18)19)21-14-20-7-6-13(22-14)23-8-9-25-15(23)24/h2-7,10H,8-9H2,1H3,(H,20,21,22)/t10-/m0/s1. The van der Waals surface area contributed by atoms with Crippen LogP contribution in [-0.4, -0.2) is 29.2 Å². The first-order chi connectivity index (χ1) is 11.9. The van der Waals surface area contributed by atoms with Crippen LogP contribution in [0.1, 0.15) is 24.1 Å². The summed E-state index contributed by atoms with van der Waals surface area (Å²) in [6.45, 7) is 2.22. The predicted molar refractivity (Wildman–Crippen MR) is 84.2 cm³/mol. The normalized spacial score (nSPS) is 15.8. The molecule has 1 N–H and O–H groups in total. The Hall–Kier alpha value is -2.84. The lowest BCUT2D eigenvalue weighted by Crippen LogP contribution is -2.25. The summed E-state index contributed by atoms with van der Waals surface area (Å²) < 4.78 is 44.3. The molecule has 0 bridgehead atoms. The second-order valence-corrected chi connectivity index (χ2v) is 5.46. The van der Waals surface area contributed by atoms with E-state index in [1.165, 1.54) is 29.3 Å². The fourth-order valence-electron chi connectivity index (χ4n) is 2.57. The van der Waals surface area contributed by atoms with E-state index in [-0.39, 0.29) is 18.1 Å². The molecule has 3 rings (SSSR count). The molecule has 0 spiro atoms. The van der Waals surface area contributed by atoms with Crippen LogP contribution in [-0.2, 0) is 10.9 Å². The van der Waals surface area contributed by atoms with E-state index >= 15 is 0 Å². The van der Waals surface area contributed by atoms with Crippen molar-refractivity contribution >= 4 is 17.9 Å². The van der Waals surface area contributed by atoms with Crippen molar-refractivity contribution in [2.24, 2.45) is 0 Å². The van der Waals surface area contributed by atoms with Gasteiger partial charge in [-0.1, -0.05) is 18.2 Å². The van der Waals surface area contributed by atoms with E-state index in [4.69, 9.17) is 4.74 Å². The van der Waals surface area contributed by atoms with Gasteiger partial charge in [-0.15, -0.1) is 0 Å². The van der Waals surface area contributed by atoms with Crippen LogP contribution in [0.3, 0.4) is 0 Å². The highest BCUT2D eigenvalue weighted by Crippen LogP contribution is 2.35. The average molecular weight is 352 g/mol. The summed E-state index contributed by atoms with van der Waals surface area (Å²) in [6.07, 6.45) is -3.53. The molecule has 0 radical (unpaired) electrons. The highest BCUT2D eigenvalue weighted by molar-refractivity contribution is 5.88. The third-order valence-electron chi connectivity index (χ3n) is 3.76. The lowest BCUT2D eigenvalue weighted by Gasteiger charge is -2.20. The van der Waals surface area contributed by atoms with Crippen molar-refractivity contribution in [1.29, 1.82) is 0 Å². The number of amides is 1. The first-order valence-corrected chi connectivity index (χ1v) is 7.56. The number of hydrogen-bond donors (Lipinski definition) is 1. The molecule has 1 fully saturated rings. The largest absolute Gasteiger partial charge is 0.447 e.